The highest BCUT2D eigenvalue weighted by atomic mass is 32.2. The van der Waals surface area contributed by atoms with Crippen molar-refractivity contribution in [1.82, 2.24) is 20.2 Å². The minimum atomic E-state index is -0.285. The number of aromatic nitrogens is 2. The summed E-state index contributed by atoms with van der Waals surface area (Å²) in [5.41, 5.74) is 2.44. The summed E-state index contributed by atoms with van der Waals surface area (Å²) in [4.78, 5) is 28.4. The maximum Gasteiger partial charge on any atom is 0.251 e. The number of benzene rings is 2. The topological polar surface area (TPSA) is 76.0 Å². The highest BCUT2D eigenvalue weighted by Gasteiger charge is 2.09. The molecule has 1 aromatic heterocycles. The number of nitrogens with zero attached hydrogens (tertiary/aromatic N) is 2. The summed E-state index contributed by atoms with van der Waals surface area (Å²) < 4.78 is 1.95. The zero-order chi connectivity index (χ0) is 19.1. The van der Waals surface area contributed by atoms with Gasteiger partial charge in [0.25, 0.3) is 5.91 Å². The van der Waals surface area contributed by atoms with Crippen molar-refractivity contribution in [1.29, 1.82) is 0 Å². The van der Waals surface area contributed by atoms with E-state index in [1.165, 1.54) is 0 Å². The number of imidazole rings is 1. The SMILES string of the molecule is CSc1nccn1-c1ccc(C(=O)NCC(=O)NCc2ccccc2)cc1. The van der Waals surface area contributed by atoms with E-state index < -0.39 is 0 Å². The van der Waals surface area contributed by atoms with Gasteiger partial charge in [0.1, 0.15) is 0 Å². The van der Waals surface area contributed by atoms with Gasteiger partial charge in [-0.3, -0.25) is 14.2 Å². The van der Waals surface area contributed by atoms with Crippen LogP contribution < -0.4 is 10.6 Å². The first-order valence-corrected chi connectivity index (χ1v) is 9.66. The van der Waals surface area contributed by atoms with E-state index in [0.29, 0.717) is 12.1 Å². The Morgan fingerprint density at radius 3 is 2.48 bits per heavy atom. The maximum atomic E-state index is 12.2. The average molecular weight is 380 g/mol. The highest BCUT2D eigenvalue weighted by Crippen LogP contribution is 2.18. The van der Waals surface area contributed by atoms with Gasteiger partial charge < -0.3 is 10.6 Å². The molecule has 2 aromatic carbocycles. The molecule has 0 spiro atoms. The molecule has 0 radical (unpaired) electrons. The molecule has 0 saturated carbocycles. The van der Waals surface area contributed by atoms with Crippen molar-refractivity contribution < 1.29 is 9.59 Å². The molecule has 0 fully saturated rings. The van der Waals surface area contributed by atoms with Crippen molar-refractivity contribution in [3.8, 4) is 5.69 Å². The summed E-state index contributed by atoms with van der Waals surface area (Å²) in [7, 11) is 0. The Kier molecular flexibility index (Phi) is 6.27. The molecule has 0 aliphatic rings. The maximum absolute atomic E-state index is 12.2. The van der Waals surface area contributed by atoms with Crippen LogP contribution in [0.2, 0.25) is 0 Å². The van der Waals surface area contributed by atoms with Gasteiger partial charge in [0.15, 0.2) is 5.16 Å². The van der Waals surface area contributed by atoms with Crippen molar-refractivity contribution in [2.24, 2.45) is 0 Å². The van der Waals surface area contributed by atoms with Crippen LogP contribution in [0.15, 0.2) is 72.1 Å². The monoisotopic (exact) mass is 380 g/mol. The number of hydrogen-bond acceptors (Lipinski definition) is 4. The lowest BCUT2D eigenvalue weighted by molar-refractivity contribution is -0.120. The van der Waals surface area contributed by atoms with Crippen LogP contribution in [0.4, 0.5) is 0 Å². The number of amides is 2. The lowest BCUT2D eigenvalue weighted by Gasteiger charge is -2.09. The third-order valence-electron chi connectivity index (χ3n) is 3.94. The Bertz CT molecular complexity index is 907. The molecule has 27 heavy (non-hydrogen) atoms. The molecular formula is C20H20N4O2S. The van der Waals surface area contributed by atoms with Crippen molar-refractivity contribution in [2.75, 3.05) is 12.8 Å². The molecule has 7 heteroatoms. The van der Waals surface area contributed by atoms with Crippen molar-refractivity contribution in [3.05, 3.63) is 78.1 Å². The van der Waals surface area contributed by atoms with Gasteiger partial charge in [-0.05, 0) is 36.1 Å². The molecule has 0 unspecified atom stereocenters. The smallest absolute Gasteiger partial charge is 0.251 e. The molecule has 0 aliphatic heterocycles. The van der Waals surface area contributed by atoms with Crippen molar-refractivity contribution >= 4 is 23.6 Å². The summed E-state index contributed by atoms with van der Waals surface area (Å²) in [6, 6.07) is 16.8. The Hall–Kier alpha value is -3.06. The first kappa shape index (κ1) is 18.7. The molecule has 138 valence electrons. The van der Waals surface area contributed by atoms with Crippen LogP contribution in [0.3, 0.4) is 0 Å². The third-order valence-corrected chi connectivity index (χ3v) is 4.61. The average Bonchev–Trinajstić information content (AvgIpc) is 3.20. The minimum Gasteiger partial charge on any atom is -0.350 e. The predicted octanol–water partition coefficient (Wildman–Crippen LogP) is 2.64. The Morgan fingerprint density at radius 2 is 1.78 bits per heavy atom. The standard InChI is InChI=1S/C20H20N4O2S/c1-27-20-21-11-12-24(20)17-9-7-16(8-10-17)19(26)23-14-18(25)22-13-15-5-3-2-4-6-15/h2-12H,13-14H2,1H3,(H,22,25)(H,23,26). The van der Waals surface area contributed by atoms with Crippen LogP contribution in [0.25, 0.3) is 5.69 Å². The van der Waals surface area contributed by atoms with Crippen LogP contribution in [0.5, 0.6) is 0 Å². The number of hydrogen-bond donors (Lipinski definition) is 2. The molecule has 1 heterocycles. The van der Waals surface area contributed by atoms with Crippen molar-refractivity contribution in [3.63, 3.8) is 0 Å². The lowest BCUT2D eigenvalue weighted by atomic mass is 10.2. The van der Waals surface area contributed by atoms with Gasteiger partial charge in [0.05, 0.1) is 6.54 Å². The minimum absolute atomic E-state index is 0.0639. The second-order valence-corrected chi connectivity index (χ2v) is 6.55. The molecule has 3 rings (SSSR count). The molecule has 3 aromatic rings. The fourth-order valence-electron chi connectivity index (χ4n) is 2.53. The van der Waals surface area contributed by atoms with Gasteiger partial charge in [-0.1, -0.05) is 42.1 Å². The normalized spacial score (nSPS) is 10.4. The lowest BCUT2D eigenvalue weighted by Crippen LogP contribution is -2.36. The van der Waals surface area contributed by atoms with Gasteiger partial charge in [-0.25, -0.2) is 4.98 Å². The number of carbonyl (C=O) groups excluding carboxylic acids is 2. The fourth-order valence-corrected chi connectivity index (χ4v) is 3.06. The number of nitrogens with one attached hydrogen (secondary N) is 2. The quantitative estimate of drug-likeness (QED) is 0.618. The fraction of sp³-hybridized carbons (Fsp3) is 0.150. The third kappa shape index (κ3) is 4.98. The summed E-state index contributed by atoms with van der Waals surface area (Å²) in [6.45, 7) is 0.373. The Labute approximate surface area is 162 Å². The molecule has 0 aliphatic carbocycles. The van der Waals surface area contributed by atoms with Crippen LogP contribution in [0.1, 0.15) is 15.9 Å². The van der Waals surface area contributed by atoms with Crippen molar-refractivity contribution in [2.45, 2.75) is 11.7 Å². The second-order valence-electron chi connectivity index (χ2n) is 5.78. The first-order valence-electron chi connectivity index (χ1n) is 8.44. The van der Waals surface area contributed by atoms with Gasteiger partial charge in [-0.2, -0.15) is 0 Å². The van der Waals surface area contributed by atoms with Crippen LogP contribution in [-0.2, 0) is 11.3 Å². The summed E-state index contributed by atoms with van der Waals surface area (Å²) in [5, 5.41) is 6.29. The molecule has 2 N–H and O–H groups in total. The van der Waals surface area contributed by atoms with Gasteiger partial charge >= 0.3 is 0 Å². The molecule has 6 nitrogen and oxygen atoms in total. The highest BCUT2D eigenvalue weighted by molar-refractivity contribution is 7.98. The largest absolute Gasteiger partial charge is 0.350 e. The van der Waals surface area contributed by atoms with E-state index in [1.54, 1.807) is 30.1 Å². The van der Waals surface area contributed by atoms with E-state index >= 15 is 0 Å². The summed E-state index contributed by atoms with van der Waals surface area (Å²) >= 11 is 1.55. The number of thioether (sulfide) groups is 1. The molecule has 2 amide bonds. The van der Waals surface area contributed by atoms with E-state index in [9.17, 15) is 9.59 Å². The van der Waals surface area contributed by atoms with Crippen LogP contribution in [0, 0.1) is 0 Å². The van der Waals surface area contributed by atoms with E-state index in [1.807, 2.05) is 59.5 Å². The predicted molar refractivity (Wildman–Crippen MR) is 106 cm³/mol. The van der Waals surface area contributed by atoms with Gasteiger partial charge in [-0.15, -0.1) is 0 Å². The number of rotatable bonds is 7. The van der Waals surface area contributed by atoms with E-state index in [0.717, 1.165) is 16.4 Å². The summed E-state index contributed by atoms with van der Waals surface area (Å²) in [5.74, 6) is -0.515. The first-order chi connectivity index (χ1) is 13.2. The molecule has 0 atom stereocenters. The Balaban J connectivity index is 1.51. The number of carbonyl (C=O) groups is 2. The zero-order valence-corrected chi connectivity index (χ0v) is 15.7. The molecule has 0 saturated heterocycles. The second kappa shape index (κ2) is 9.05. The van der Waals surface area contributed by atoms with Gasteiger partial charge in [0, 0.05) is 30.2 Å². The van der Waals surface area contributed by atoms with Gasteiger partial charge in [0.2, 0.25) is 5.91 Å². The van der Waals surface area contributed by atoms with Crippen LogP contribution in [-0.4, -0.2) is 34.2 Å². The van der Waals surface area contributed by atoms with E-state index in [-0.39, 0.29) is 18.4 Å². The van der Waals surface area contributed by atoms with Crippen LogP contribution >= 0.6 is 11.8 Å². The zero-order valence-electron chi connectivity index (χ0n) is 14.9. The molecule has 0 bridgehead atoms. The van der Waals surface area contributed by atoms with E-state index in [2.05, 4.69) is 15.6 Å². The summed E-state index contributed by atoms with van der Waals surface area (Å²) in [6.07, 6.45) is 5.57. The Morgan fingerprint density at radius 1 is 1.04 bits per heavy atom. The van der Waals surface area contributed by atoms with E-state index in [4.69, 9.17) is 0 Å². The molecular weight excluding hydrogens is 360 g/mol.